The summed E-state index contributed by atoms with van der Waals surface area (Å²) in [4.78, 5) is 4.37. The van der Waals surface area contributed by atoms with Gasteiger partial charge < -0.3 is 9.63 Å². The summed E-state index contributed by atoms with van der Waals surface area (Å²) in [5, 5.41) is 12.7. The molecule has 0 spiro atoms. The van der Waals surface area contributed by atoms with E-state index in [1.165, 1.54) is 5.56 Å². The third-order valence-corrected chi connectivity index (χ3v) is 3.02. The van der Waals surface area contributed by atoms with Crippen LogP contribution in [-0.2, 0) is 12.8 Å². The Bertz CT molecular complexity index is 491. The molecule has 2 rings (SSSR count). The quantitative estimate of drug-likeness (QED) is 0.777. The van der Waals surface area contributed by atoms with Crippen LogP contribution >= 0.6 is 0 Å². The highest BCUT2D eigenvalue weighted by atomic mass is 16.5. The molecule has 0 amide bonds. The highest BCUT2D eigenvalue weighted by molar-refractivity contribution is 5.54. The number of hydrogen-bond donors (Lipinski definition) is 1. The van der Waals surface area contributed by atoms with Crippen molar-refractivity contribution in [2.45, 2.75) is 39.0 Å². The Balaban J connectivity index is 2.01. The largest absolute Gasteiger partial charge is 0.396 e. The van der Waals surface area contributed by atoms with Gasteiger partial charge in [-0.05, 0) is 24.8 Å². The van der Waals surface area contributed by atoms with Crippen molar-refractivity contribution in [3.8, 4) is 11.4 Å². The van der Waals surface area contributed by atoms with Crippen LogP contribution in [0.4, 0.5) is 0 Å². The van der Waals surface area contributed by atoms with Gasteiger partial charge in [-0.15, -0.1) is 0 Å². The summed E-state index contributed by atoms with van der Waals surface area (Å²) in [7, 11) is 0. The third-order valence-electron chi connectivity index (χ3n) is 3.02. The second kappa shape index (κ2) is 7.04. The average molecular weight is 260 g/mol. The number of hydrogen-bond acceptors (Lipinski definition) is 4. The van der Waals surface area contributed by atoms with Crippen molar-refractivity contribution in [3.63, 3.8) is 0 Å². The molecule has 4 nitrogen and oxygen atoms in total. The van der Waals surface area contributed by atoms with Crippen molar-refractivity contribution in [1.29, 1.82) is 0 Å². The molecule has 0 unspecified atom stereocenters. The minimum atomic E-state index is 0.208. The van der Waals surface area contributed by atoms with E-state index in [0.29, 0.717) is 11.7 Å². The molecule has 0 radical (unpaired) electrons. The van der Waals surface area contributed by atoms with Gasteiger partial charge in [0.25, 0.3) is 0 Å². The second-order valence-corrected chi connectivity index (χ2v) is 4.64. The highest BCUT2D eigenvalue weighted by Crippen LogP contribution is 2.17. The van der Waals surface area contributed by atoms with Crippen LogP contribution < -0.4 is 0 Å². The number of aromatic nitrogens is 2. The van der Waals surface area contributed by atoms with Crippen LogP contribution in [0.5, 0.6) is 0 Å². The van der Waals surface area contributed by atoms with Gasteiger partial charge in [0, 0.05) is 18.6 Å². The summed E-state index contributed by atoms with van der Waals surface area (Å²) >= 11 is 0. The van der Waals surface area contributed by atoms with Crippen molar-refractivity contribution in [1.82, 2.24) is 10.1 Å². The van der Waals surface area contributed by atoms with E-state index in [-0.39, 0.29) is 6.61 Å². The van der Waals surface area contributed by atoms with Crippen LogP contribution in [0, 0.1) is 0 Å². The van der Waals surface area contributed by atoms with E-state index in [4.69, 9.17) is 9.63 Å². The topological polar surface area (TPSA) is 59.2 Å². The van der Waals surface area contributed by atoms with E-state index in [1.54, 1.807) is 0 Å². The molecule has 102 valence electrons. The van der Waals surface area contributed by atoms with Crippen molar-refractivity contribution >= 4 is 0 Å². The summed E-state index contributed by atoms with van der Waals surface area (Å²) in [6.45, 7) is 2.38. The van der Waals surface area contributed by atoms with Gasteiger partial charge in [-0.1, -0.05) is 42.8 Å². The molecule has 0 saturated carbocycles. The smallest absolute Gasteiger partial charge is 0.226 e. The Morgan fingerprint density at radius 3 is 2.58 bits per heavy atom. The second-order valence-electron chi connectivity index (χ2n) is 4.64. The molecule has 1 N–H and O–H groups in total. The number of nitrogens with zero attached hydrogens (tertiary/aromatic N) is 2. The van der Waals surface area contributed by atoms with Gasteiger partial charge in [-0.25, -0.2) is 0 Å². The Morgan fingerprint density at radius 2 is 1.89 bits per heavy atom. The maximum atomic E-state index is 8.73. The number of benzene rings is 1. The number of unbranched alkanes of at least 4 members (excludes halogenated alkanes) is 1. The fourth-order valence-corrected chi connectivity index (χ4v) is 1.97. The SMILES string of the molecule is CCCc1ccc(-c2noc(CCCCO)n2)cc1. The number of rotatable bonds is 7. The lowest BCUT2D eigenvalue weighted by Gasteiger charge is -1.99. The van der Waals surface area contributed by atoms with E-state index < -0.39 is 0 Å². The molecule has 2 aromatic rings. The molecule has 1 heterocycles. The Hall–Kier alpha value is -1.68. The van der Waals surface area contributed by atoms with Crippen LogP contribution in [0.3, 0.4) is 0 Å². The van der Waals surface area contributed by atoms with Crippen LogP contribution in [0.1, 0.15) is 37.6 Å². The van der Waals surface area contributed by atoms with Gasteiger partial charge in [-0.3, -0.25) is 0 Å². The van der Waals surface area contributed by atoms with Crippen LogP contribution in [0.2, 0.25) is 0 Å². The molecular weight excluding hydrogens is 240 g/mol. The zero-order valence-electron chi connectivity index (χ0n) is 11.3. The average Bonchev–Trinajstić information content (AvgIpc) is 2.89. The molecule has 19 heavy (non-hydrogen) atoms. The fourth-order valence-electron chi connectivity index (χ4n) is 1.97. The first-order chi connectivity index (χ1) is 9.33. The number of aliphatic hydroxyl groups is 1. The summed E-state index contributed by atoms with van der Waals surface area (Å²) in [6, 6.07) is 8.29. The van der Waals surface area contributed by atoms with Gasteiger partial charge in [0.2, 0.25) is 11.7 Å². The van der Waals surface area contributed by atoms with E-state index in [2.05, 4.69) is 29.2 Å². The van der Waals surface area contributed by atoms with E-state index in [1.807, 2.05) is 12.1 Å². The normalized spacial score (nSPS) is 10.8. The molecule has 0 aliphatic carbocycles. The Kier molecular flexibility index (Phi) is 5.10. The van der Waals surface area contributed by atoms with E-state index in [9.17, 15) is 0 Å². The Morgan fingerprint density at radius 1 is 1.11 bits per heavy atom. The first-order valence-corrected chi connectivity index (χ1v) is 6.86. The third kappa shape index (κ3) is 3.89. The zero-order chi connectivity index (χ0) is 13.5. The summed E-state index contributed by atoms with van der Waals surface area (Å²) in [5.74, 6) is 1.28. The molecule has 0 aliphatic heterocycles. The van der Waals surface area contributed by atoms with Gasteiger partial charge in [0.05, 0.1) is 0 Å². The van der Waals surface area contributed by atoms with Crippen molar-refractivity contribution in [3.05, 3.63) is 35.7 Å². The minimum Gasteiger partial charge on any atom is -0.396 e. The molecule has 0 saturated heterocycles. The lowest BCUT2D eigenvalue weighted by atomic mass is 10.1. The van der Waals surface area contributed by atoms with Gasteiger partial charge in [-0.2, -0.15) is 4.98 Å². The van der Waals surface area contributed by atoms with E-state index in [0.717, 1.165) is 37.7 Å². The minimum absolute atomic E-state index is 0.208. The molecular formula is C15H20N2O2. The zero-order valence-corrected chi connectivity index (χ0v) is 11.3. The summed E-state index contributed by atoms with van der Waals surface area (Å²) in [6.07, 6.45) is 4.61. The summed E-state index contributed by atoms with van der Waals surface area (Å²) < 4.78 is 5.20. The van der Waals surface area contributed by atoms with Crippen LogP contribution in [0.15, 0.2) is 28.8 Å². The first-order valence-electron chi connectivity index (χ1n) is 6.86. The van der Waals surface area contributed by atoms with Gasteiger partial charge in [0.1, 0.15) is 0 Å². The predicted molar refractivity (Wildman–Crippen MR) is 73.8 cm³/mol. The number of aliphatic hydroxyl groups excluding tert-OH is 1. The molecule has 1 aromatic heterocycles. The Labute approximate surface area is 113 Å². The van der Waals surface area contributed by atoms with Crippen LogP contribution in [-0.4, -0.2) is 21.9 Å². The molecule has 0 fully saturated rings. The van der Waals surface area contributed by atoms with Gasteiger partial charge >= 0.3 is 0 Å². The molecule has 1 aromatic carbocycles. The standard InChI is InChI=1S/C15H20N2O2/c1-2-5-12-7-9-13(10-8-12)15-16-14(19-17-15)6-3-4-11-18/h7-10,18H,2-6,11H2,1H3. The van der Waals surface area contributed by atoms with E-state index >= 15 is 0 Å². The van der Waals surface area contributed by atoms with Crippen molar-refractivity contribution in [2.75, 3.05) is 6.61 Å². The molecule has 4 heteroatoms. The van der Waals surface area contributed by atoms with Crippen molar-refractivity contribution < 1.29 is 9.63 Å². The highest BCUT2D eigenvalue weighted by Gasteiger charge is 2.08. The maximum Gasteiger partial charge on any atom is 0.226 e. The molecule has 0 aliphatic rings. The maximum absolute atomic E-state index is 8.73. The summed E-state index contributed by atoms with van der Waals surface area (Å²) in [5.41, 5.74) is 2.31. The van der Waals surface area contributed by atoms with Gasteiger partial charge in [0.15, 0.2) is 0 Å². The molecule has 0 atom stereocenters. The predicted octanol–water partition coefficient (Wildman–Crippen LogP) is 3.00. The monoisotopic (exact) mass is 260 g/mol. The first kappa shape index (κ1) is 13.7. The van der Waals surface area contributed by atoms with Crippen LogP contribution in [0.25, 0.3) is 11.4 Å². The van der Waals surface area contributed by atoms with Crippen molar-refractivity contribution in [2.24, 2.45) is 0 Å². The fraction of sp³-hybridized carbons (Fsp3) is 0.467. The molecule has 0 bridgehead atoms. The number of aryl methyl sites for hydroxylation is 2. The lowest BCUT2D eigenvalue weighted by Crippen LogP contribution is -1.89. The lowest BCUT2D eigenvalue weighted by molar-refractivity contribution is 0.281.